The van der Waals surface area contributed by atoms with Gasteiger partial charge in [-0.15, -0.1) is 0 Å². The lowest BCUT2D eigenvalue weighted by Gasteiger charge is -2.47. The maximum atomic E-state index is 13.0. The number of ether oxygens (including phenoxy) is 1. The summed E-state index contributed by atoms with van der Waals surface area (Å²) in [6, 6.07) is 8.30. The average molecular weight is 468 g/mol. The summed E-state index contributed by atoms with van der Waals surface area (Å²) in [6.45, 7) is 21.4. The summed E-state index contributed by atoms with van der Waals surface area (Å²) in [5.41, 5.74) is 3.34. The van der Waals surface area contributed by atoms with Gasteiger partial charge in [0.15, 0.2) is 0 Å². The van der Waals surface area contributed by atoms with Crippen LogP contribution in [-0.4, -0.2) is 60.1 Å². The van der Waals surface area contributed by atoms with Gasteiger partial charge in [-0.3, -0.25) is 9.69 Å². The fourth-order valence-corrected chi connectivity index (χ4v) is 4.97. The number of carbonyl (C=O) groups is 1. The summed E-state index contributed by atoms with van der Waals surface area (Å²) >= 11 is 0. The van der Waals surface area contributed by atoms with E-state index in [-0.39, 0.29) is 24.1 Å². The van der Waals surface area contributed by atoms with Gasteiger partial charge in [0.2, 0.25) is 0 Å². The van der Waals surface area contributed by atoms with Gasteiger partial charge in [0.05, 0.1) is 6.61 Å². The van der Waals surface area contributed by atoms with Gasteiger partial charge in [0.1, 0.15) is 6.61 Å². The van der Waals surface area contributed by atoms with Crippen LogP contribution in [0.1, 0.15) is 59.9 Å². The summed E-state index contributed by atoms with van der Waals surface area (Å²) in [5, 5.41) is 0. The number of carbonyl (C=O) groups excluding carboxylic acids is 1. The van der Waals surface area contributed by atoms with Crippen molar-refractivity contribution in [1.82, 2.24) is 9.80 Å². The van der Waals surface area contributed by atoms with Crippen LogP contribution in [0.15, 0.2) is 60.8 Å². The third-order valence-corrected chi connectivity index (χ3v) is 6.77. The lowest BCUT2D eigenvalue weighted by Crippen LogP contribution is -2.56. The van der Waals surface area contributed by atoms with Gasteiger partial charge in [-0.1, -0.05) is 63.8 Å². The van der Waals surface area contributed by atoms with Crippen molar-refractivity contribution < 1.29 is 9.53 Å². The minimum atomic E-state index is -0.0117. The highest BCUT2D eigenvalue weighted by Gasteiger charge is 2.36. The maximum absolute atomic E-state index is 13.0. The number of rotatable bonds is 8. The molecule has 1 unspecified atom stereocenters. The van der Waals surface area contributed by atoms with Gasteiger partial charge < -0.3 is 14.5 Å². The number of benzene rings is 1. The van der Waals surface area contributed by atoms with Gasteiger partial charge in [-0.25, -0.2) is 0 Å². The zero-order valence-electron chi connectivity index (χ0n) is 22.2. The Morgan fingerprint density at radius 3 is 2.44 bits per heavy atom. The van der Waals surface area contributed by atoms with E-state index in [4.69, 9.17) is 4.74 Å². The molecule has 5 nitrogen and oxygen atoms in total. The molecule has 2 heterocycles. The molecule has 2 aliphatic rings. The van der Waals surface area contributed by atoms with E-state index in [1.807, 2.05) is 43.0 Å². The van der Waals surface area contributed by atoms with Crippen LogP contribution < -0.4 is 4.90 Å². The standard InChI is InChI=1S/C27H39N3O2.C2H6/c1-6-9-13-23(7-2)28-15-17-29(18-16-28)27(4,5)19-24(8-3)30-25-14-11-10-12-22(25)20-32-21-26(30)31;1-2/h6-7,9-14,24H,1,8,15-21H2,2-5H3;1-2H3/b13-9-,23-7+;. The zero-order valence-corrected chi connectivity index (χ0v) is 22.2. The van der Waals surface area contributed by atoms with Crippen molar-refractivity contribution >= 4 is 11.6 Å². The van der Waals surface area contributed by atoms with E-state index in [0.29, 0.717) is 6.61 Å². The van der Waals surface area contributed by atoms with Crippen molar-refractivity contribution in [3.8, 4) is 0 Å². The molecule has 1 amide bonds. The monoisotopic (exact) mass is 467 g/mol. The highest BCUT2D eigenvalue weighted by Crippen LogP contribution is 2.32. The normalized spacial score (nSPS) is 18.8. The highest BCUT2D eigenvalue weighted by atomic mass is 16.5. The van der Waals surface area contributed by atoms with Gasteiger partial charge in [-0.2, -0.15) is 0 Å². The molecule has 0 aromatic heterocycles. The number of hydrogen-bond acceptors (Lipinski definition) is 4. The number of fused-ring (bicyclic) bond motifs is 1. The van der Waals surface area contributed by atoms with Crippen LogP contribution in [0.3, 0.4) is 0 Å². The Labute approximate surface area is 207 Å². The molecular weight excluding hydrogens is 422 g/mol. The lowest BCUT2D eigenvalue weighted by atomic mass is 9.89. The van der Waals surface area contributed by atoms with E-state index >= 15 is 0 Å². The first-order valence-electron chi connectivity index (χ1n) is 12.8. The van der Waals surface area contributed by atoms with Crippen LogP contribution in [0.4, 0.5) is 5.69 Å². The largest absolute Gasteiger partial charge is 0.369 e. The van der Waals surface area contributed by atoms with Crippen molar-refractivity contribution in [1.29, 1.82) is 0 Å². The first-order valence-corrected chi connectivity index (χ1v) is 12.8. The molecule has 0 spiro atoms. The predicted molar refractivity (Wildman–Crippen MR) is 144 cm³/mol. The summed E-state index contributed by atoms with van der Waals surface area (Å²) in [5.74, 6) is 0.0640. The number of hydrogen-bond donors (Lipinski definition) is 0. The smallest absolute Gasteiger partial charge is 0.253 e. The number of allylic oxidation sites excluding steroid dienone is 4. The molecule has 0 aliphatic carbocycles. The molecule has 2 aliphatic heterocycles. The molecule has 3 rings (SSSR count). The first-order chi connectivity index (χ1) is 16.4. The van der Waals surface area contributed by atoms with Crippen LogP contribution in [0.2, 0.25) is 0 Å². The third kappa shape index (κ3) is 6.83. The lowest BCUT2D eigenvalue weighted by molar-refractivity contribution is -0.123. The summed E-state index contributed by atoms with van der Waals surface area (Å²) in [4.78, 5) is 20.1. The van der Waals surface area contributed by atoms with Crippen molar-refractivity contribution in [2.24, 2.45) is 0 Å². The number of anilines is 1. The van der Waals surface area contributed by atoms with Crippen LogP contribution >= 0.6 is 0 Å². The van der Waals surface area contributed by atoms with E-state index in [0.717, 1.165) is 50.3 Å². The Hall–Kier alpha value is -2.37. The van der Waals surface area contributed by atoms with Gasteiger partial charge in [0.25, 0.3) is 5.91 Å². The molecule has 0 bridgehead atoms. The quantitative estimate of drug-likeness (QED) is 0.454. The highest BCUT2D eigenvalue weighted by molar-refractivity contribution is 5.96. The summed E-state index contributed by atoms with van der Waals surface area (Å²) in [6.07, 6.45) is 9.96. The molecule has 0 saturated carbocycles. The molecule has 0 radical (unpaired) electrons. The molecule has 1 aromatic rings. The average Bonchev–Trinajstić information content (AvgIpc) is 3.02. The maximum Gasteiger partial charge on any atom is 0.253 e. The predicted octanol–water partition coefficient (Wildman–Crippen LogP) is 5.79. The Morgan fingerprint density at radius 2 is 1.82 bits per heavy atom. The fourth-order valence-electron chi connectivity index (χ4n) is 4.97. The molecule has 1 saturated heterocycles. The SMILES string of the molecule is C=C/C=C\C(=C/C)N1CCN(C(C)(C)CC(CC)N2C(=O)COCc3ccccc32)CC1.CC. The fraction of sp³-hybridized carbons (Fsp3) is 0.552. The molecule has 1 aromatic carbocycles. The molecule has 1 atom stereocenters. The second kappa shape index (κ2) is 13.5. The first kappa shape index (κ1) is 27.9. The molecule has 5 heteroatoms. The van der Waals surface area contributed by atoms with Crippen molar-refractivity contribution in [3.63, 3.8) is 0 Å². The van der Waals surface area contributed by atoms with Gasteiger partial charge in [-0.05, 0) is 45.8 Å². The van der Waals surface area contributed by atoms with E-state index in [9.17, 15) is 4.79 Å². The zero-order chi connectivity index (χ0) is 25.1. The topological polar surface area (TPSA) is 36.0 Å². The number of nitrogens with zero attached hydrogens (tertiary/aromatic N) is 3. The van der Waals surface area contributed by atoms with E-state index < -0.39 is 0 Å². The molecule has 34 heavy (non-hydrogen) atoms. The van der Waals surface area contributed by atoms with Crippen LogP contribution in [0, 0.1) is 0 Å². The van der Waals surface area contributed by atoms with Gasteiger partial charge >= 0.3 is 0 Å². The number of para-hydroxylation sites is 1. The van der Waals surface area contributed by atoms with Gasteiger partial charge in [0, 0.05) is 54.7 Å². The molecule has 0 N–H and O–H groups in total. The van der Waals surface area contributed by atoms with Crippen LogP contribution in [0.25, 0.3) is 0 Å². The van der Waals surface area contributed by atoms with E-state index in [1.165, 1.54) is 5.70 Å². The van der Waals surface area contributed by atoms with E-state index in [2.05, 4.69) is 68.4 Å². The van der Waals surface area contributed by atoms with Crippen LogP contribution in [0.5, 0.6) is 0 Å². The van der Waals surface area contributed by atoms with Crippen molar-refractivity contribution in [2.75, 3.05) is 37.7 Å². The second-order valence-corrected chi connectivity index (χ2v) is 9.25. The molecule has 188 valence electrons. The second-order valence-electron chi connectivity index (χ2n) is 9.25. The Morgan fingerprint density at radius 1 is 1.15 bits per heavy atom. The molecular formula is C29H45N3O2. The Kier molecular flexibility index (Phi) is 11.1. The minimum Gasteiger partial charge on any atom is -0.369 e. The Balaban J connectivity index is 0.00000199. The summed E-state index contributed by atoms with van der Waals surface area (Å²) in [7, 11) is 0. The van der Waals surface area contributed by atoms with Crippen molar-refractivity contribution in [3.05, 3.63) is 66.4 Å². The number of amides is 1. The Bertz CT molecular complexity index is 851. The molecule has 1 fully saturated rings. The van der Waals surface area contributed by atoms with Crippen molar-refractivity contribution in [2.45, 2.75) is 72.6 Å². The summed E-state index contributed by atoms with van der Waals surface area (Å²) < 4.78 is 5.65. The van der Waals surface area contributed by atoms with E-state index in [1.54, 1.807) is 0 Å². The van der Waals surface area contributed by atoms with Crippen LogP contribution in [-0.2, 0) is 16.1 Å². The number of piperazine rings is 1. The minimum absolute atomic E-state index is 0.0117. The third-order valence-electron chi connectivity index (χ3n) is 6.77.